The molecule has 1 saturated carbocycles. The summed E-state index contributed by atoms with van der Waals surface area (Å²) in [6.07, 6.45) is 4.06. The number of aliphatic hydroxyl groups excluding tert-OH is 1. The number of nitrogens with two attached hydrogens (primary N) is 1. The fraction of sp³-hybridized carbons (Fsp3) is 0.571. The third-order valence-corrected chi connectivity index (χ3v) is 3.89. The molecule has 0 radical (unpaired) electrons. The van der Waals surface area contributed by atoms with Crippen molar-refractivity contribution in [3.63, 3.8) is 0 Å². The van der Waals surface area contributed by atoms with Crippen LogP contribution in [-0.2, 0) is 0 Å². The summed E-state index contributed by atoms with van der Waals surface area (Å²) >= 11 is 0. The summed E-state index contributed by atoms with van der Waals surface area (Å²) in [5, 5.41) is 10.2. The van der Waals surface area contributed by atoms with Crippen molar-refractivity contribution in [2.75, 3.05) is 0 Å². The van der Waals surface area contributed by atoms with Crippen LogP contribution in [0, 0.1) is 23.4 Å². The smallest absolute Gasteiger partial charge is 0.194 e. The van der Waals surface area contributed by atoms with Crippen LogP contribution in [0.2, 0.25) is 0 Å². The Labute approximate surface area is 122 Å². The van der Waals surface area contributed by atoms with Gasteiger partial charge >= 0.3 is 0 Å². The summed E-state index contributed by atoms with van der Waals surface area (Å²) in [7, 11) is 0. The number of benzene rings is 1. The largest absolute Gasteiger partial charge is 0.391 e. The maximum atomic E-state index is 13.2. The summed E-state index contributed by atoms with van der Waals surface area (Å²) < 4.78 is 39.2. The first-order chi connectivity index (χ1) is 9.00. The second-order valence-electron chi connectivity index (χ2n) is 5.21. The lowest BCUT2D eigenvalue weighted by atomic mass is 9.81. The number of aliphatic hydroxyl groups is 1. The zero-order valence-electron chi connectivity index (χ0n) is 11.0. The van der Waals surface area contributed by atoms with E-state index in [1.165, 1.54) is 0 Å². The van der Waals surface area contributed by atoms with Gasteiger partial charge < -0.3 is 10.8 Å². The number of halogens is 4. The first-order valence-electron chi connectivity index (χ1n) is 6.59. The van der Waals surface area contributed by atoms with Crippen molar-refractivity contribution in [3.05, 3.63) is 35.1 Å². The Balaban J connectivity index is 0.00000200. The zero-order chi connectivity index (χ0) is 14.0. The molecule has 2 atom stereocenters. The molecule has 114 valence electrons. The Kier molecular flexibility index (Phi) is 6.30. The van der Waals surface area contributed by atoms with Gasteiger partial charge in [-0.15, -0.1) is 12.4 Å². The zero-order valence-corrected chi connectivity index (χ0v) is 11.8. The van der Waals surface area contributed by atoms with Gasteiger partial charge in [-0.25, -0.2) is 13.2 Å². The van der Waals surface area contributed by atoms with Crippen molar-refractivity contribution < 1.29 is 18.3 Å². The highest BCUT2D eigenvalue weighted by Crippen LogP contribution is 2.32. The summed E-state index contributed by atoms with van der Waals surface area (Å²) in [6.45, 7) is 0. The van der Waals surface area contributed by atoms with Crippen LogP contribution in [0.1, 0.15) is 43.7 Å². The Morgan fingerprint density at radius 3 is 2.05 bits per heavy atom. The molecule has 1 aliphatic carbocycles. The summed E-state index contributed by atoms with van der Waals surface area (Å²) in [4.78, 5) is 0. The first-order valence-corrected chi connectivity index (χ1v) is 6.59. The molecule has 0 aliphatic heterocycles. The average molecular weight is 310 g/mol. The van der Waals surface area contributed by atoms with E-state index in [1.807, 2.05) is 0 Å². The SMILES string of the molecule is Cl.N[C@@H](c1cc(F)c(F)c(F)c1)[C@H](O)C1CCCCC1. The van der Waals surface area contributed by atoms with Gasteiger partial charge in [-0.1, -0.05) is 19.3 Å². The van der Waals surface area contributed by atoms with Gasteiger partial charge in [-0.3, -0.25) is 0 Å². The van der Waals surface area contributed by atoms with E-state index in [0.29, 0.717) is 0 Å². The molecule has 0 heterocycles. The maximum Gasteiger partial charge on any atom is 0.194 e. The van der Waals surface area contributed by atoms with Crippen LogP contribution in [0.25, 0.3) is 0 Å². The molecule has 0 spiro atoms. The Bertz CT molecular complexity index is 429. The molecular formula is C14H19ClF3NO. The molecular weight excluding hydrogens is 291 g/mol. The van der Waals surface area contributed by atoms with Gasteiger partial charge in [0.25, 0.3) is 0 Å². The van der Waals surface area contributed by atoms with Crippen LogP contribution in [0.5, 0.6) is 0 Å². The molecule has 20 heavy (non-hydrogen) atoms. The normalized spacial score (nSPS) is 19.2. The van der Waals surface area contributed by atoms with E-state index in [0.717, 1.165) is 44.2 Å². The van der Waals surface area contributed by atoms with E-state index in [-0.39, 0.29) is 23.9 Å². The number of hydrogen-bond donors (Lipinski definition) is 2. The second kappa shape index (κ2) is 7.29. The third kappa shape index (κ3) is 3.65. The lowest BCUT2D eigenvalue weighted by molar-refractivity contribution is 0.0616. The highest BCUT2D eigenvalue weighted by atomic mass is 35.5. The van der Waals surface area contributed by atoms with Crippen molar-refractivity contribution in [2.24, 2.45) is 11.7 Å². The van der Waals surface area contributed by atoms with E-state index in [4.69, 9.17) is 5.73 Å². The van der Waals surface area contributed by atoms with Crippen molar-refractivity contribution in [1.82, 2.24) is 0 Å². The van der Waals surface area contributed by atoms with E-state index >= 15 is 0 Å². The highest BCUT2D eigenvalue weighted by molar-refractivity contribution is 5.85. The molecule has 0 saturated heterocycles. The molecule has 0 amide bonds. The van der Waals surface area contributed by atoms with Gasteiger partial charge in [0.15, 0.2) is 17.5 Å². The van der Waals surface area contributed by atoms with Crippen LogP contribution >= 0.6 is 12.4 Å². The van der Waals surface area contributed by atoms with Gasteiger partial charge in [-0.05, 0) is 36.5 Å². The molecule has 2 nitrogen and oxygen atoms in total. The number of rotatable bonds is 3. The van der Waals surface area contributed by atoms with E-state index in [2.05, 4.69) is 0 Å². The van der Waals surface area contributed by atoms with E-state index in [1.54, 1.807) is 0 Å². The van der Waals surface area contributed by atoms with Crippen LogP contribution in [0.4, 0.5) is 13.2 Å². The third-order valence-electron chi connectivity index (χ3n) is 3.89. The molecule has 0 bridgehead atoms. The van der Waals surface area contributed by atoms with Gasteiger partial charge in [0.1, 0.15) is 0 Å². The Morgan fingerprint density at radius 2 is 1.55 bits per heavy atom. The minimum atomic E-state index is -1.51. The molecule has 0 aromatic heterocycles. The van der Waals surface area contributed by atoms with Crippen molar-refractivity contribution in [1.29, 1.82) is 0 Å². The molecule has 1 aliphatic rings. The predicted octanol–water partition coefficient (Wildman–Crippen LogP) is 3.47. The second-order valence-corrected chi connectivity index (χ2v) is 5.21. The Hall–Kier alpha value is -0.780. The fourth-order valence-electron chi connectivity index (χ4n) is 2.73. The molecule has 1 aromatic rings. The summed E-state index contributed by atoms with van der Waals surface area (Å²) in [5.41, 5.74) is 5.94. The summed E-state index contributed by atoms with van der Waals surface area (Å²) in [6, 6.07) is 0.817. The van der Waals surface area contributed by atoms with E-state index < -0.39 is 29.6 Å². The fourth-order valence-corrected chi connectivity index (χ4v) is 2.73. The average Bonchev–Trinajstić information content (AvgIpc) is 2.43. The maximum absolute atomic E-state index is 13.2. The molecule has 0 unspecified atom stereocenters. The van der Waals surface area contributed by atoms with E-state index in [9.17, 15) is 18.3 Å². The van der Waals surface area contributed by atoms with Crippen LogP contribution in [-0.4, -0.2) is 11.2 Å². The predicted molar refractivity (Wildman–Crippen MR) is 73.1 cm³/mol. The van der Waals surface area contributed by atoms with Gasteiger partial charge in [-0.2, -0.15) is 0 Å². The van der Waals surface area contributed by atoms with Gasteiger partial charge in [0, 0.05) is 0 Å². The number of hydrogen-bond acceptors (Lipinski definition) is 2. The highest BCUT2D eigenvalue weighted by Gasteiger charge is 2.28. The Morgan fingerprint density at radius 1 is 1.05 bits per heavy atom. The summed E-state index contributed by atoms with van der Waals surface area (Å²) in [5.74, 6) is -4.02. The lowest BCUT2D eigenvalue weighted by Crippen LogP contribution is -2.34. The van der Waals surface area contributed by atoms with Crippen LogP contribution in [0.15, 0.2) is 12.1 Å². The van der Waals surface area contributed by atoms with Gasteiger partial charge in [0.2, 0.25) is 0 Å². The molecule has 1 fully saturated rings. The van der Waals surface area contributed by atoms with Crippen LogP contribution in [0.3, 0.4) is 0 Å². The molecule has 3 N–H and O–H groups in total. The minimum absolute atomic E-state index is 0. The van der Waals surface area contributed by atoms with Gasteiger partial charge in [0.05, 0.1) is 12.1 Å². The van der Waals surface area contributed by atoms with Crippen LogP contribution < -0.4 is 5.73 Å². The topological polar surface area (TPSA) is 46.2 Å². The monoisotopic (exact) mass is 309 g/mol. The minimum Gasteiger partial charge on any atom is -0.391 e. The lowest BCUT2D eigenvalue weighted by Gasteiger charge is -2.30. The quantitative estimate of drug-likeness (QED) is 0.840. The van der Waals surface area contributed by atoms with Crippen molar-refractivity contribution in [2.45, 2.75) is 44.2 Å². The van der Waals surface area contributed by atoms with Crippen molar-refractivity contribution in [3.8, 4) is 0 Å². The van der Waals surface area contributed by atoms with Crippen molar-refractivity contribution >= 4 is 12.4 Å². The molecule has 2 rings (SSSR count). The first kappa shape index (κ1) is 17.3. The standard InChI is InChI=1S/C14H18F3NO.ClH/c15-10-6-9(7-11(16)12(10)17)13(18)14(19)8-4-2-1-3-5-8;/h6-8,13-14,19H,1-5,18H2;1H/t13-,14+;/m0./s1. The molecule has 6 heteroatoms. The molecule has 1 aromatic carbocycles.